The summed E-state index contributed by atoms with van der Waals surface area (Å²) in [5, 5.41) is 0. The third-order valence-electron chi connectivity index (χ3n) is 7.42. The lowest BCUT2D eigenvalue weighted by atomic mass is 9.51. The van der Waals surface area contributed by atoms with Crippen molar-refractivity contribution in [3.63, 3.8) is 0 Å². The fourth-order valence-electron chi connectivity index (χ4n) is 5.90. The van der Waals surface area contributed by atoms with Crippen molar-refractivity contribution in [2.45, 2.75) is 65.6 Å². The van der Waals surface area contributed by atoms with E-state index >= 15 is 0 Å². The maximum absolute atomic E-state index is 13.0. The molecule has 0 aliphatic heterocycles. The second-order valence-electron chi connectivity index (χ2n) is 9.10. The second kappa shape index (κ2) is 7.01. The lowest BCUT2D eigenvalue weighted by Gasteiger charge is -2.53. The molecule has 0 aromatic heterocycles. The molecule has 5 atom stereocenters. The molecule has 1 aromatic carbocycles. The Balaban J connectivity index is 1.56. The first-order valence-electron chi connectivity index (χ1n) is 10.3. The molecule has 1 saturated carbocycles. The van der Waals surface area contributed by atoms with Gasteiger partial charge in [0.2, 0.25) is 0 Å². The van der Waals surface area contributed by atoms with Crippen LogP contribution in [0.15, 0.2) is 41.5 Å². The van der Waals surface area contributed by atoms with Gasteiger partial charge < -0.3 is 4.74 Å². The quantitative estimate of drug-likeness (QED) is 0.765. The van der Waals surface area contributed by atoms with Gasteiger partial charge >= 0.3 is 0 Å². The van der Waals surface area contributed by atoms with E-state index in [1.807, 2.05) is 25.1 Å². The van der Waals surface area contributed by atoms with Crippen LogP contribution in [0.1, 0.15) is 58.4 Å². The van der Waals surface area contributed by atoms with Crippen LogP contribution < -0.4 is 0 Å². The molecule has 0 radical (unpaired) electrons. The van der Waals surface area contributed by atoms with Crippen LogP contribution in [-0.4, -0.2) is 17.7 Å². The van der Waals surface area contributed by atoms with E-state index in [1.165, 1.54) is 11.1 Å². The number of allylic oxidation sites excluding steroid dienone is 2. The van der Waals surface area contributed by atoms with Crippen molar-refractivity contribution in [3.05, 3.63) is 47.0 Å². The van der Waals surface area contributed by atoms with E-state index in [9.17, 15) is 9.59 Å². The minimum absolute atomic E-state index is 0.0282. The first-order chi connectivity index (χ1) is 12.9. The number of carbonyl (C=O) groups is 2. The van der Waals surface area contributed by atoms with Gasteiger partial charge in [0.15, 0.2) is 5.78 Å². The van der Waals surface area contributed by atoms with E-state index < -0.39 is 0 Å². The number of benzene rings is 1. The molecular weight excluding hydrogens is 336 g/mol. The van der Waals surface area contributed by atoms with Crippen LogP contribution in [-0.2, 0) is 20.9 Å². The van der Waals surface area contributed by atoms with E-state index in [0.29, 0.717) is 37.6 Å². The second-order valence-corrected chi connectivity index (χ2v) is 9.10. The summed E-state index contributed by atoms with van der Waals surface area (Å²) in [5.41, 5.74) is 3.32. The van der Waals surface area contributed by atoms with Crippen molar-refractivity contribution in [3.8, 4) is 0 Å². The zero-order chi connectivity index (χ0) is 19.2. The monoisotopic (exact) mass is 366 g/mol. The van der Waals surface area contributed by atoms with Crippen molar-refractivity contribution in [1.82, 2.24) is 0 Å². The topological polar surface area (TPSA) is 43.4 Å². The van der Waals surface area contributed by atoms with Crippen LogP contribution in [0.25, 0.3) is 0 Å². The Labute approximate surface area is 162 Å². The summed E-state index contributed by atoms with van der Waals surface area (Å²) >= 11 is 0. The molecule has 0 bridgehead atoms. The Hall–Kier alpha value is -1.74. The summed E-state index contributed by atoms with van der Waals surface area (Å²) in [6, 6.07) is 10.3. The normalized spacial score (nSPS) is 36.4. The van der Waals surface area contributed by atoms with Crippen molar-refractivity contribution < 1.29 is 14.3 Å². The predicted octanol–water partition coefficient (Wildman–Crippen LogP) is 4.89. The molecule has 3 nitrogen and oxygen atoms in total. The Morgan fingerprint density at radius 3 is 2.59 bits per heavy atom. The summed E-state index contributed by atoms with van der Waals surface area (Å²) < 4.78 is 6.29. The number of ether oxygens (including phenoxy) is 1. The van der Waals surface area contributed by atoms with Crippen LogP contribution >= 0.6 is 0 Å². The molecule has 1 aromatic rings. The van der Waals surface area contributed by atoms with E-state index in [-0.39, 0.29) is 29.1 Å². The number of fused-ring (bicyclic) bond motifs is 2. The molecular formula is C24H30O3. The van der Waals surface area contributed by atoms with E-state index in [1.54, 1.807) is 0 Å². The van der Waals surface area contributed by atoms with E-state index in [0.717, 1.165) is 18.4 Å². The smallest absolute Gasteiger partial charge is 0.159 e. The summed E-state index contributed by atoms with van der Waals surface area (Å²) in [6.07, 6.45) is 3.81. The largest absolute Gasteiger partial charge is 0.373 e. The third kappa shape index (κ3) is 3.20. The zero-order valence-corrected chi connectivity index (χ0v) is 16.7. The molecule has 3 heteroatoms. The maximum atomic E-state index is 13.0. The van der Waals surface area contributed by atoms with E-state index in [2.05, 4.69) is 26.0 Å². The van der Waals surface area contributed by atoms with Crippen LogP contribution in [0, 0.1) is 23.2 Å². The minimum atomic E-state index is -0.0282. The summed E-state index contributed by atoms with van der Waals surface area (Å²) in [4.78, 5) is 25.3. The molecule has 3 aliphatic rings. The molecule has 0 amide bonds. The van der Waals surface area contributed by atoms with Gasteiger partial charge in [0, 0.05) is 19.3 Å². The van der Waals surface area contributed by atoms with Crippen molar-refractivity contribution in [2.75, 3.05) is 0 Å². The van der Waals surface area contributed by atoms with Gasteiger partial charge in [-0.1, -0.05) is 51.1 Å². The van der Waals surface area contributed by atoms with Crippen molar-refractivity contribution in [1.29, 1.82) is 0 Å². The number of rotatable bonds is 3. The lowest BCUT2D eigenvalue weighted by Crippen LogP contribution is -2.50. The predicted molar refractivity (Wildman–Crippen MR) is 105 cm³/mol. The van der Waals surface area contributed by atoms with Gasteiger partial charge in [0.1, 0.15) is 5.78 Å². The zero-order valence-electron chi connectivity index (χ0n) is 16.7. The number of ketones is 2. The van der Waals surface area contributed by atoms with Crippen molar-refractivity contribution >= 4 is 11.6 Å². The average molecular weight is 367 g/mol. The fourth-order valence-corrected chi connectivity index (χ4v) is 5.90. The molecule has 0 spiro atoms. The molecule has 0 N–H and O–H groups in total. The highest BCUT2D eigenvalue weighted by molar-refractivity contribution is 6.01. The van der Waals surface area contributed by atoms with Crippen molar-refractivity contribution in [2.24, 2.45) is 23.2 Å². The highest BCUT2D eigenvalue weighted by Gasteiger charge is 2.53. The van der Waals surface area contributed by atoms with Gasteiger partial charge in [0.05, 0.1) is 12.7 Å². The number of hydrogen-bond acceptors (Lipinski definition) is 3. The van der Waals surface area contributed by atoms with Gasteiger partial charge in [-0.2, -0.15) is 0 Å². The van der Waals surface area contributed by atoms with Crippen LogP contribution in [0.2, 0.25) is 0 Å². The number of Topliss-reactive ketones (excluding diaryl/α,β-unsaturated/α-hetero) is 2. The SMILES string of the molecule is C[C@@H]1[C@@H](OCc2ccccc2)CC[C@]2(C)C3=C(C(=O)C[C@@H]12)[C@@H](C)CC(=O)C3. The van der Waals surface area contributed by atoms with Gasteiger partial charge in [-0.3, -0.25) is 9.59 Å². The van der Waals surface area contributed by atoms with Crippen LogP contribution in [0.5, 0.6) is 0 Å². The first-order valence-corrected chi connectivity index (χ1v) is 10.3. The third-order valence-corrected chi connectivity index (χ3v) is 7.42. The average Bonchev–Trinajstić information content (AvgIpc) is 2.64. The first kappa shape index (κ1) is 18.6. The fraction of sp³-hybridized carbons (Fsp3) is 0.583. The molecule has 4 rings (SSSR count). The molecule has 27 heavy (non-hydrogen) atoms. The molecule has 0 heterocycles. The molecule has 3 aliphatic carbocycles. The summed E-state index contributed by atoms with van der Waals surface area (Å²) in [6.45, 7) is 7.21. The molecule has 0 unspecified atom stereocenters. The van der Waals surface area contributed by atoms with Gasteiger partial charge in [-0.05, 0) is 52.7 Å². The molecule has 144 valence electrons. The highest BCUT2D eigenvalue weighted by atomic mass is 16.5. The lowest BCUT2D eigenvalue weighted by molar-refractivity contribution is -0.127. The Bertz CT molecular complexity index is 778. The van der Waals surface area contributed by atoms with Crippen LogP contribution in [0.3, 0.4) is 0 Å². The standard InChI is InChI=1S/C24H30O3/c1-15-11-18(25)12-20-23(15)21(26)13-19-16(2)22(9-10-24(19,20)3)27-14-17-7-5-4-6-8-17/h4-8,15-16,19,22H,9-14H2,1-3H3/t15-,16-,19-,22-,24-/m0/s1. The summed E-state index contributed by atoms with van der Waals surface area (Å²) in [5.74, 6) is 1.26. The minimum Gasteiger partial charge on any atom is -0.373 e. The summed E-state index contributed by atoms with van der Waals surface area (Å²) in [7, 11) is 0. The Kier molecular flexibility index (Phi) is 4.84. The van der Waals surface area contributed by atoms with E-state index in [4.69, 9.17) is 4.74 Å². The Morgan fingerprint density at radius 2 is 1.85 bits per heavy atom. The maximum Gasteiger partial charge on any atom is 0.159 e. The van der Waals surface area contributed by atoms with Gasteiger partial charge in [-0.15, -0.1) is 0 Å². The number of hydrogen-bond donors (Lipinski definition) is 0. The number of carbonyl (C=O) groups excluding carboxylic acids is 2. The van der Waals surface area contributed by atoms with Crippen LogP contribution in [0.4, 0.5) is 0 Å². The molecule has 0 saturated heterocycles. The molecule has 1 fully saturated rings. The highest BCUT2D eigenvalue weighted by Crippen LogP contribution is 2.57. The Morgan fingerprint density at radius 1 is 1.11 bits per heavy atom. The van der Waals surface area contributed by atoms with Gasteiger partial charge in [0.25, 0.3) is 0 Å². The van der Waals surface area contributed by atoms with Gasteiger partial charge in [-0.25, -0.2) is 0 Å².